The van der Waals surface area contributed by atoms with E-state index in [-0.39, 0.29) is 121 Å². The van der Waals surface area contributed by atoms with E-state index in [1.807, 2.05) is 11.8 Å². The number of azide groups is 1. The molecule has 3 aliphatic heterocycles. The van der Waals surface area contributed by atoms with Gasteiger partial charge in [-0.15, -0.1) is 5.06 Å². The third-order valence-electron chi connectivity index (χ3n) is 10.5. The number of halogens is 4. The van der Waals surface area contributed by atoms with Crippen LogP contribution in [0.3, 0.4) is 0 Å². The number of benzene rings is 1. The molecule has 0 aromatic heterocycles. The number of carbonyl (C=O) groups excluding carboxylic acids is 8. The van der Waals surface area contributed by atoms with Gasteiger partial charge in [0, 0.05) is 59.9 Å². The molecule has 3 heterocycles. The van der Waals surface area contributed by atoms with Gasteiger partial charge in [0.1, 0.15) is 32.7 Å². The van der Waals surface area contributed by atoms with E-state index in [9.17, 15) is 68.9 Å². The molecular weight excluding hydrogens is 1020 g/mol. The largest absolute Gasteiger partial charge is 1.00 e. The van der Waals surface area contributed by atoms with Crippen molar-refractivity contribution < 1.29 is 103 Å². The molecule has 8 amide bonds. The van der Waals surface area contributed by atoms with Gasteiger partial charge >= 0.3 is 41.6 Å². The Kier molecular flexibility index (Phi) is 25.2. The van der Waals surface area contributed by atoms with Crippen molar-refractivity contribution in [2.45, 2.75) is 112 Å². The van der Waals surface area contributed by atoms with Crippen LogP contribution < -0.4 is 61.5 Å². The van der Waals surface area contributed by atoms with Crippen LogP contribution in [0.4, 0.5) is 28.0 Å². The summed E-state index contributed by atoms with van der Waals surface area (Å²) in [5.74, 6) is -14.2. The van der Waals surface area contributed by atoms with E-state index in [0.717, 1.165) is 46.6 Å². The first kappa shape index (κ1) is 59.3. The summed E-state index contributed by atoms with van der Waals surface area (Å²) < 4.78 is 91.9. The number of hydrogen-bond donors (Lipinski definition) is 6. The van der Waals surface area contributed by atoms with E-state index in [2.05, 4.69) is 46.8 Å². The number of amides is 8. The Morgan fingerprint density at radius 1 is 0.855 bits per heavy atom. The average molecular weight is 1070 g/mol. The Bertz CT molecular complexity index is 2210. The summed E-state index contributed by atoms with van der Waals surface area (Å²) in [4.78, 5) is 105. The number of nitrogens with zero attached hydrogens (tertiary/aromatic N) is 4. The number of thioether (sulfide) groups is 1. The Morgan fingerprint density at radius 2 is 1.48 bits per heavy atom. The molecule has 6 N–H and O–H groups in total. The zero-order valence-electron chi connectivity index (χ0n) is 37.2. The maximum Gasteiger partial charge on any atom is 1.00 e. The molecule has 3 fully saturated rings. The first-order valence-corrected chi connectivity index (χ1v) is 26.3. The van der Waals surface area contributed by atoms with Crippen molar-refractivity contribution in [2.75, 3.05) is 36.9 Å². The summed E-state index contributed by atoms with van der Waals surface area (Å²) in [6, 6.07) is -1.35. The van der Waals surface area contributed by atoms with Gasteiger partial charge < -0.3 is 41.3 Å². The van der Waals surface area contributed by atoms with Crippen LogP contribution in [-0.4, -0.2) is 131 Å². The summed E-state index contributed by atoms with van der Waals surface area (Å²) >= 11 is 1.83. The molecule has 0 spiro atoms. The van der Waals surface area contributed by atoms with E-state index in [1.54, 1.807) is 0 Å². The maximum absolute atomic E-state index is 14.8. The van der Waals surface area contributed by atoms with Gasteiger partial charge in [-0.25, -0.2) is 35.6 Å². The number of hydroxylamine groups is 2. The van der Waals surface area contributed by atoms with E-state index in [4.69, 9.17) is 5.53 Å². The number of unbranched alkanes of at least 4 members (excludes halogenated alkanes) is 4. The van der Waals surface area contributed by atoms with Gasteiger partial charge in [0.2, 0.25) is 17.7 Å². The van der Waals surface area contributed by atoms with E-state index < -0.39 is 91.9 Å². The van der Waals surface area contributed by atoms with Crippen molar-refractivity contribution in [3.05, 3.63) is 39.3 Å². The fourth-order valence-electron chi connectivity index (χ4n) is 7.05. The zero-order valence-corrected chi connectivity index (χ0v) is 42.4. The number of imide groups is 1. The quantitative estimate of drug-likeness (QED) is 0.00526. The van der Waals surface area contributed by atoms with Crippen molar-refractivity contribution in [3.8, 4) is 0 Å². The minimum Gasteiger partial charge on any atom is -0.747 e. The average Bonchev–Trinajstić information content (AvgIpc) is 3.94. The normalized spacial score (nSPS) is 18.8. The summed E-state index contributed by atoms with van der Waals surface area (Å²) in [5, 5.41) is 16.7. The van der Waals surface area contributed by atoms with Crippen LogP contribution in [0.5, 0.6) is 0 Å². The topological polar surface area (TPSA) is 327 Å². The predicted molar refractivity (Wildman–Crippen MR) is 237 cm³/mol. The second-order valence-electron chi connectivity index (χ2n) is 15.4. The Balaban J connectivity index is 0.0000126. The molecule has 0 saturated carbocycles. The fraction of sp³-hybridized carbons (Fsp3) is 0.632. The second kappa shape index (κ2) is 29.3. The maximum atomic E-state index is 14.8. The third-order valence-corrected chi connectivity index (χ3v) is 15.5. The zero-order chi connectivity index (χ0) is 50.0. The number of fused-ring (bicyclic) bond motifs is 1. The van der Waals surface area contributed by atoms with Crippen molar-refractivity contribution in [1.82, 2.24) is 37.0 Å². The number of nitrogens with one attached hydrogen (secondary N) is 6. The van der Waals surface area contributed by atoms with Crippen molar-refractivity contribution in [3.63, 3.8) is 0 Å². The molecule has 4 rings (SSSR count). The van der Waals surface area contributed by atoms with Crippen LogP contribution in [-0.2, 0) is 43.7 Å². The first-order valence-electron chi connectivity index (χ1n) is 21.3. The Labute approximate surface area is 427 Å². The molecule has 0 bridgehead atoms. The minimum absolute atomic E-state index is 0. The van der Waals surface area contributed by atoms with Gasteiger partial charge in [-0.1, -0.05) is 39.5 Å². The van der Waals surface area contributed by atoms with Crippen LogP contribution in [0.1, 0.15) is 93.8 Å². The predicted octanol–water partition coefficient (Wildman–Crippen LogP) is -0.00530. The van der Waals surface area contributed by atoms with E-state index >= 15 is 0 Å². The number of carbonyl (C=O) groups is 8. The molecule has 5 atom stereocenters. The van der Waals surface area contributed by atoms with Crippen LogP contribution in [0, 0.1) is 23.3 Å². The third kappa shape index (κ3) is 18.3. The van der Waals surface area contributed by atoms with Crippen molar-refractivity contribution >= 4 is 96.6 Å². The first-order chi connectivity index (χ1) is 32.3. The van der Waals surface area contributed by atoms with Crippen LogP contribution in [0.15, 0.2) is 5.11 Å². The van der Waals surface area contributed by atoms with E-state index in [0.29, 0.717) is 37.5 Å². The second-order valence-corrected chi connectivity index (χ2v) is 21.0. The van der Waals surface area contributed by atoms with Gasteiger partial charge in [0.15, 0.2) is 23.3 Å². The fourth-order valence-corrected chi connectivity index (χ4v) is 11.2. The molecule has 1 aromatic carbocycles. The van der Waals surface area contributed by atoms with Gasteiger partial charge in [0.25, 0.3) is 17.7 Å². The molecule has 3 saturated heterocycles. The van der Waals surface area contributed by atoms with Crippen molar-refractivity contribution in [2.24, 2.45) is 5.11 Å². The standard InChI is InChI=1S/C38H50F4N10O12S4.Na/c39-29-28(30(40)32(42)34(31(29)41)50-51-43)36(58)47-20(35(57)46-15-17-67-66-16-12-27(56)64-52-26(55)18-23(37(52)59)68(61,62)63)8-5-7-14-45-24(53)10-2-1-6-13-44-25(54)11-4-3-9-22-33-21(19-65-22)48-38(60)49-33;/h20-23,33H,1-19H2,(H,44,54)(H,45,53)(H,46,57)(H,47,58)(H2,48,49,60)(H,61,62,63);/q;+1/p-1. The van der Waals surface area contributed by atoms with Crippen LogP contribution >= 0.6 is 33.3 Å². The van der Waals surface area contributed by atoms with E-state index in [1.165, 1.54) is 0 Å². The number of urea groups is 1. The summed E-state index contributed by atoms with van der Waals surface area (Å²) in [6.07, 6.45) is 3.94. The van der Waals surface area contributed by atoms with Crippen LogP contribution in [0.25, 0.3) is 10.4 Å². The molecule has 0 radical (unpaired) electrons. The molecule has 31 heteroatoms. The SMILES string of the molecule is [N-]=[N+]=Nc1c(F)c(F)c(C(=O)NC(CCCCNC(=O)CCCCCNC(=O)CCCCC2SCC3NC(=O)NC32)C(=O)NCCSSCCC(=O)ON2C(=O)CC(S(=O)(=O)[O-])C2=O)c(F)c1F.[Na+]. The molecule has 22 nitrogen and oxygen atoms in total. The Hall–Kier alpha value is -4.03. The molecule has 69 heavy (non-hydrogen) atoms. The van der Waals surface area contributed by atoms with Gasteiger partial charge in [-0.05, 0) is 50.5 Å². The number of rotatable bonds is 29. The van der Waals surface area contributed by atoms with Gasteiger partial charge in [0.05, 0.1) is 24.9 Å². The summed E-state index contributed by atoms with van der Waals surface area (Å²) in [7, 11) is -2.96. The molecular formula is C38H49F4N10NaO12S4. The van der Waals surface area contributed by atoms with Gasteiger partial charge in [-0.2, -0.15) is 11.8 Å². The van der Waals surface area contributed by atoms with Gasteiger partial charge in [-0.3, -0.25) is 28.8 Å². The number of hydrogen-bond acceptors (Lipinski definition) is 16. The van der Waals surface area contributed by atoms with Crippen LogP contribution in [0.2, 0.25) is 0 Å². The molecule has 376 valence electrons. The Morgan fingerprint density at radius 3 is 2.10 bits per heavy atom. The molecule has 1 aromatic rings. The summed E-state index contributed by atoms with van der Waals surface area (Å²) in [6.45, 7) is 0.540. The minimum atomic E-state index is -5.15. The monoisotopic (exact) mass is 1060 g/mol. The smallest absolute Gasteiger partial charge is 0.747 e. The molecule has 3 aliphatic rings. The summed E-state index contributed by atoms with van der Waals surface area (Å²) in [5.41, 5.74) is 5.14. The van der Waals surface area contributed by atoms with Crippen molar-refractivity contribution in [1.29, 1.82) is 0 Å². The molecule has 0 aliphatic carbocycles. The molecule has 5 unspecified atom stereocenters.